The Morgan fingerprint density at radius 1 is 1.32 bits per heavy atom. The van der Waals surface area contributed by atoms with Gasteiger partial charge in [0.1, 0.15) is 0 Å². The van der Waals surface area contributed by atoms with Crippen LogP contribution in [0.4, 0.5) is 0 Å². The molecule has 1 aliphatic rings. The summed E-state index contributed by atoms with van der Waals surface area (Å²) in [6.07, 6.45) is 0. The van der Waals surface area contributed by atoms with Crippen molar-refractivity contribution in [3.05, 3.63) is 35.4 Å². The van der Waals surface area contributed by atoms with Gasteiger partial charge in [-0.25, -0.2) is 0 Å². The second-order valence-electron chi connectivity index (χ2n) is 4.52. The number of carbonyl (C=O) groups excluding carboxylic acids is 1. The van der Waals surface area contributed by atoms with E-state index >= 15 is 0 Å². The lowest BCUT2D eigenvalue weighted by atomic mass is 10.1. The Morgan fingerprint density at radius 3 is 2.68 bits per heavy atom. The molecule has 0 aromatic heterocycles. The summed E-state index contributed by atoms with van der Waals surface area (Å²) in [6, 6.07) is 8.91. The first kappa shape index (κ1) is 13.9. The summed E-state index contributed by atoms with van der Waals surface area (Å²) in [5, 5.41) is 8.85. The first-order valence-electron chi connectivity index (χ1n) is 6.32. The van der Waals surface area contributed by atoms with Gasteiger partial charge in [-0.15, -0.1) is 11.6 Å². The highest BCUT2D eigenvalue weighted by Gasteiger charge is 2.21. The molecule has 0 aliphatic carbocycles. The topological polar surface area (TPSA) is 47.3 Å². The maximum Gasteiger partial charge on any atom is 0.253 e. The number of carbonyl (C=O) groups is 1. The van der Waals surface area contributed by atoms with Crippen LogP contribution in [0.1, 0.15) is 15.9 Å². The highest BCUT2D eigenvalue weighted by Crippen LogP contribution is 2.10. The zero-order valence-electron chi connectivity index (χ0n) is 10.7. The molecular weight excluding hydrogens is 262 g/mol. The fourth-order valence-electron chi connectivity index (χ4n) is 2.20. The molecule has 1 amide bonds. The van der Waals surface area contributed by atoms with Gasteiger partial charge in [-0.3, -0.25) is 9.69 Å². The maximum atomic E-state index is 12.3. The van der Waals surface area contributed by atoms with Crippen molar-refractivity contribution in [3.63, 3.8) is 0 Å². The van der Waals surface area contributed by atoms with E-state index in [2.05, 4.69) is 11.0 Å². The molecular formula is C14H16ClN3O. The fraction of sp³-hybridized carbons (Fsp3) is 0.429. The molecule has 0 N–H and O–H groups in total. The van der Waals surface area contributed by atoms with Crippen LogP contribution in [-0.4, -0.2) is 54.3 Å². The van der Waals surface area contributed by atoms with Gasteiger partial charge in [-0.1, -0.05) is 6.07 Å². The number of alkyl halides is 1. The lowest BCUT2D eigenvalue weighted by molar-refractivity contribution is 0.0644. The standard InChI is InChI=1S/C14H16ClN3O/c15-4-5-17-6-8-18(9-7-17)14(19)13-3-1-2-12(10-13)11-16/h1-3,10H,4-9H2. The van der Waals surface area contributed by atoms with Gasteiger partial charge >= 0.3 is 0 Å². The molecule has 4 nitrogen and oxygen atoms in total. The average Bonchev–Trinajstić information content (AvgIpc) is 2.48. The zero-order chi connectivity index (χ0) is 13.7. The first-order chi connectivity index (χ1) is 9.24. The van der Waals surface area contributed by atoms with Gasteiger partial charge in [-0.05, 0) is 18.2 Å². The molecule has 2 rings (SSSR count). The van der Waals surface area contributed by atoms with Crippen molar-refractivity contribution in [3.8, 4) is 6.07 Å². The number of rotatable bonds is 3. The van der Waals surface area contributed by atoms with Gasteiger partial charge in [-0.2, -0.15) is 5.26 Å². The zero-order valence-corrected chi connectivity index (χ0v) is 11.4. The Labute approximate surface area is 118 Å². The molecule has 5 heteroatoms. The number of hydrogen-bond donors (Lipinski definition) is 0. The highest BCUT2D eigenvalue weighted by molar-refractivity contribution is 6.18. The highest BCUT2D eigenvalue weighted by atomic mass is 35.5. The third-order valence-corrected chi connectivity index (χ3v) is 3.47. The van der Waals surface area contributed by atoms with E-state index in [1.807, 2.05) is 4.90 Å². The quantitative estimate of drug-likeness (QED) is 0.788. The summed E-state index contributed by atoms with van der Waals surface area (Å²) in [7, 11) is 0. The molecule has 1 fully saturated rings. The lowest BCUT2D eigenvalue weighted by Crippen LogP contribution is -2.49. The van der Waals surface area contributed by atoms with E-state index in [0.717, 1.165) is 19.6 Å². The molecule has 1 aromatic carbocycles. The van der Waals surface area contributed by atoms with Crippen LogP contribution >= 0.6 is 11.6 Å². The van der Waals surface area contributed by atoms with E-state index in [9.17, 15) is 4.79 Å². The Bertz CT molecular complexity index is 490. The van der Waals surface area contributed by atoms with Crippen LogP contribution in [0.3, 0.4) is 0 Å². The summed E-state index contributed by atoms with van der Waals surface area (Å²) < 4.78 is 0. The summed E-state index contributed by atoms with van der Waals surface area (Å²) in [4.78, 5) is 16.4. The largest absolute Gasteiger partial charge is 0.336 e. The number of piperazine rings is 1. The number of hydrogen-bond acceptors (Lipinski definition) is 3. The van der Waals surface area contributed by atoms with E-state index in [1.54, 1.807) is 24.3 Å². The second kappa shape index (κ2) is 6.55. The van der Waals surface area contributed by atoms with Crippen molar-refractivity contribution in [2.24, 2.45) is 0 Å². The Hall–Kier alpha value is -1.57. The number of benzene rings is 1. The Balaban J connectivity index is 1.99. The molecule has 1 aliphatic heterocycles. The first-order valence-corrected chi connectivity index (χ1v) is 6.86. The summed E-state index contributed by atoms with van der Waals surface area (Å²) in [6.45, 7) is 4.01. The minimum absolute atomic E-state index is 0.00243. The smallest absolute Gasteiger partial charge is 0.253 e. The summed E-state index contributed by atoms with van der Waals surface area (Å²) in [5.41, 5.74) is 1.11. The van der Waals surface area contributed by atoms with Gasteiger partial charge in [0, 0.05) is 44.2 Å². The van der Waals surface area contributed by atoms with Gasteiger partial charge < -0.3 is 4.90 Å². The molecule has 0 bridgehead atoms. The molecule has 1 saturated heterocycles. The van der Waals surface area contributed by atoms with Crippen LogP contribution in [0.25, 0.3) is 0 Å². The Kier molecular flexibility index (Phi) is 4.78. The predicted molar refractivity (Wildman–Crippen MR) is 74.2 cm³/mol. The lowest BCUT2D eigenvalue weighted by Gasteiger charge is -2.34. The number of amides is 1. The van der Waals surface area contributed by atoms with Crippen molar-refractivity contribution < 1.29 is 4.79 Å². The van der Waals surface area contributed by atoms with Crippen molar-refractivity contribution in [2.75, 3.05) is 38.6 Å². The van der Waals surface area contributed by atoms with Crippen molar-refractivity contribution in [1.82, 2.24) is 9.80 Å². The molecule has 100 valence electrons. The Morgan fingerprint density at radius 2 is 2.05 bits per heavy atom. The van der Waals surface area contributed by atoms with Crippen molar-refractivity contribution in [1.29, 1.82) is 5.26 Å². The van der Waals surface area contributed by atoms with E-state index in [1.165, 1.54) is 0 Å². The van der Waals surface area contributed by atoms with Crippen LogP contribution in [0.5, 0.6) is 0 Å². The summed E-state index contributed by atoms with van der Waals surface area (Å²) >= 11 is 5.71. The molecule has 19 heavy (non-hydrogen) atoms. The van der Waals surface area contributed by atoms with Crippen molar-refractivity contribution >= 4 is 17.5 Å². The van der Waals surface area contributed by atoms with E-state index in [-0.39, 0.29) is 5.91 Å². The molecule has 1 aromatic rings. The van der Waals surface area contributed by atoms with Crippen molar-refractivity contribution in [2.45, 2.75) is 0 Å². The number of halogens is 1. The second-order valence-corrected chi connectivity index (χ2v) is 4.89. The third kappa shape index (κ3) is 3.46. The average molecular weight is 278 g/mol. The van der Waals surface area contributed by atoms with Gasteiger partial charge in [0.05, 0.1) is 11.6 Å². The minimum atomic E-state index is 0.00243. The third-order valence-electron chi connectivity index (χ3n) is 3.30. The molecule has 0 radical (unpaired) electrons. The monoisotopic (exact) mass is 277 g/mol. The maximum absolute atomic E-state index is 12.3. The SMILES string of the molecule is N#Cc1cccc(C(=O)N2CCN(CCCl)CC2)c1. The predicted octanol–water partition coefficient (Wildman–Crippen LogP) is 1.55. The van der Waals surface area contributed by atoms with Crippen LogP contribution < -0.4 is 0 Å². The van der Waals surface area contributed by atoms with Crippen LogP contribution in [0, 0.1) is 11.3 Å². The normalized spacial score (nSPS) is 16.1. The number of nitriles is 1. The van der Waals surface area contributed by atoms with Crippen LogP contribution in [0.2, 0.25) is 0 Å². The van der Waals surface area contributed by atoms with Gasteiger partial charge in [0.2, 0.25) is 0 Å². The molecule has 0 atom stereocenters. The van der Waals surface area contributed by atoms with E-state index < -0.39 is 0 Å². The van der Waals surface area contributed by atoms with Crippen LogP contribution in [-0.2, 0) is 0 Å². The van der Waals surface area contributed by atoms with E-state index in [0.29, 0.717) is 30.1 Å². The van der Waals surface area contributed by atoms with Gasteiger partial charge in [0.15, 0.2) is 0 Å². The molecule has 0 saturated carbocycles. The molecule has 1 heterocycles. The molecule has 0 unspecified atom stereocenters. The molecule has 0 spiro atoms. The number of nitrogens with zero attached hydrogens (tertiary/aromatic N) is 3. The van der Waals surface area contributed by atoms with E-state index in [4.69, 9.17) is 16.9 Å². The van der Waals surface area contributed by atoms with Crippen LogP contribution in [0.15, 0.2) is 24.3 Å². The minimum Gasteiger partial charge on any atom is -0.336 e. The fourth-order valence-corrected chi connectivity index (χ4v) is 2.44. The summed E-state index contributed by atoms with van der Waals surface area (Å²) in [5.74, 6) is 0.626. The van der Waals surface area contributed by atoms with Gasteiger partial charge in [0.25, 0.3) is 5.91 Å².